The van der Waals surface area contributed by atoms with E-state index in [9.17, 15) is 9.59 Å². The first kappa shape index (κ1) is 22.4. The van der Waals surface area contributed by atoms with Gasteiger partial charge in [0.1, 0.15) is 17.0 Å². The van der Waals surface area contributed by atoms with Crippen molar-refractivity contribution in [3.05, 3.63) is 95.1 Å². The third-order valence-corrected chi connectivity index (χ3v) is 6.20. The molecule has 0 saturated heterocycles. The highest BCUT2D eigenvalue weighted by atomic mass is 16.5. The summed E-state index contributed by atoms with van der Waals surface area (Å²) in [7, 11) is 3.23. The van der Waals surface area contributed by atoms with E-state index in [1.807, 2.05) is 79.7 Å². The summed E-state index contributed by atoms with van der Waals surface area (Å²) in [5, 5.41) is 3.04. The maximum absolute atomic E-state index is 13.5. The Bertz CT molecular complexity index is 1160. The molecule has 0 aromatic heterocycles. The summed E-state index contributed by atoms with van der Waals surface area (Å²) in [4.78, 5) is 28.8. The molecule has 33 heavy (non-hydrogen) atoms. The van der Waals surface area contributed by atoms with Crippen LogP contribution >= 0.6 is 0 Å². The number of amides is 2. The summed E-state index contributed by atoms with van der Waals surface area (Å²) >= 11 is 0. The Hall–Kier alpha value is -3.80. The molecule has 1 N–H and O–H groups in total. The van der Waals surface area contributed by atoms with Crippen molar-refractivity contribution < 1.29 is 19.1 Å². The molecule has 6 nitrogen and oxygen atoms in total. The molecule has 170 valence electrons. The molecule has 0 fully saturated rings. The van der Waals surface area contributed by atoms with Gasteiger partial charge in [-0.15, -0.1) is 0 Å². The van der Waals surface area contributed by atoms with Gasteiger partial charge in [0.15, 0.2) is 0 Å². The molecule has 6 heteroatoms. The third-order valence-electron chi connectivity index (χ3n) is 6.20. The van der Waals surface area contributed by atoms with Crippen molar-refractivity contribution in [1.82, 2.24) is 10.2 Å². The van der Waals surface area contributed by atoms with E-state index in [0.29, 0.717) is 30.8 Å². The second-order valence-corrected chi connectivity index (χ2v) is 8.38. The summed E-state index contributed by atoms with van der Waals surface area (Å²) in [6.45, 7) is 2.50. The average Bonchev–Trinajstić information content (AvgIpc) is 2.85. The number of hydrogen-bond acceptors (Lipinski definition) is 4. The first-order chi connectivity index (χ1) is 15.9. The Morgan fingerprint density at radius 2 is 1.67 bits per heavy atom. The van der Waals surface area contributed by atoms with Gasteiger partial charge in [-0.3, -0.25) is 9.59 Å². The largest absolute Gasteiger partial charge is 0.497 e. The van der Waals surface area contributed by atoms with E-state index in [4.69, 9.17) is 9.47 Å². The van der Waals surface area contributed by atoms with Crippen molar-refractivity contribution in [3.63, 3.8) is 0 Å². The molecule has 1 aliphatic heterocycles. The van der Waals surface area contributed by atoms with Crippen LogP contribution < -0.4 is 14.8 Å². The van der Waals surface area contributed by atoms with Crippen molar-refractivity contribution in [1.29, 1.82) is 0 Å². The molecule has 1 aliphatic rings. The Morgan fingerprint density at radius 1 is 0.939 bits per heavy atom. The number of benzene rings is 3. The summed E-state index contributed by atoms with van der Waals surface area (Å²) in [6, 6.07) is 22.6. The van der Waals surface area contributed by atoms with Gasteiger partial charge in [-0.25, -0.2) is 0 Å². The van der Waals surface area contributed by atoms with Crippen molar-refractivity contribution in [3.8, 4) is 11.5 Å². The lowest BCUT2D eigenvalue weighted by Gasteiger charge is -2.44. The molecule has 0 aliphatic carbocycles. The minimum Gasteiger partial charge on any atom is -0.497 e. The smallest absolute Gasteiger partial charge is 0.255 e. The normalized spacial score (nSPS) is 17.3. The fourth-order valence-electron chi connectivity index (χ4n) is 4.24. The second-order valence-electron chi connectivity index (χ2n) is 8.38. The minimum atomic E-state index is -1.04. The standard InChI is InChI=1S/C27H28N2O4/c1-27(26(31)28-17-19-11-13-22(32-2)14-12-19)16-21-8-4-5-10-24(21)25(30)29(27)18-20-7-6-9-23(15-20)33-3/h4-15H,16-18H2,1-3H3,(H,28,31)/t27-/m1/s1. The zero-order chi connectivity index (χ0) is 23.4. The Labute approximate surface area is 194 Å². The van der Waals surface area contributed by atoms with Crippen LogP contribution in [0.25, 0.3) is 0 Å². The average molecular weight is 445 g/mol. The van der Waals surface area contributed by atoms with Crippen LogP contribution in [0.3, 0.4) is 0 Å². The van der Waals surface area contributed by atoms with E-state index < -0.39 is 5.54 Å². The lowest BCUT2D eigenvalue weighted by atomic mass is 9.82. The molecule has 0 unspecified atom stereocenters. The van der Waals surface area contributed by atoms with Crippen LogP contribution in [-0.4, -0.2) is 36.5 Å². The minimum absolute atomic E-state index is 0.151. The van der Waals surface area contributed by atoms with Gasteiger partial charge in [0.25, 0.3) is 5.91 Å². The highest BCUT2D eigenvalue weighted by Crippen LogP contribution is 2.33. The molecule has 1 atom stereocenters. The predicted octanol–water partition coefficient (Wildman–Crippen LogP) is 3.98. The first-order valence-electron chi connectivity index (χ1n) is 10.9. The SMILES string of the molecule is COc1ccc(CNC(=O)[C@@]2(C)Cc3ccccc3C(=O)N2Cc2cccc(OC)c2)cc1. The topological polar surface area (TPSA) is 67.9 Å². The number of carbonyl (C=O) groups excluding carboxylic acids is 2. The third kappa shape index (κ3) is 4.55. The van der Waals surface area contributed by atoms with Gasteiger partial charge in [0.2, 0.25) is 5.91 Å². The van der Waals surface area contributed by atoms with Crippen molar-refractivity contribution in [2.24, 2.45) is 0 Å². The van der Waals surface area contributed by atoms with Crippen LogP contribution in [0.15, 0.2) is 72.8 Å². The van der Waals surface area contributed by atoms with Crippen LogP contribution in [0.5, 0.6) is 11.5 Å². The molecular weight excluding hydrogens is 416 g/mol. The molecule has 0 bridgehead atoms. The number of ether oxygens (including phenoxy) is 2. The van der Waals surface area contributed by atoms with Crippen LogP contribution in [0, 0.1) is 0 Å². The lowest BCUT2D eigenvalue weighted by molar-refractivity contribution is -0.132. The van der Waals surface area contributed by atoms with Gasteiger partial charge in [0.05, 0.1) is 14.2 Å². The molecule has 4 rings (SSSR count). The molecule has 0 saturated carbocycles. The lowest BCUT2D eigenvalue weighted by Crippen LogP contribution is -2.62. The first-order valence-corrected chi connectivity index (χ1v) is 10.9. The van der Waals surface area contributed by atoms with Crippen LogP contribution in [0.1, 0.15) is 34.0 Å². The molecule has 1 heterocycles. The maximum Gasteiger partial charge on any atom is 0.255 e. The number of nitrogens with one attached hydrogen (secondary N) is 1. The number of hydrogen-bond donors (Lipinski definition) is 1. The van der Waals surface area contributed by atoms with Gasteiger partial charge in [-0.2, -0.15) is 0 Å². The zero-order valence-electron chi connectivity index (χ0n) is 19.1. The fourth-order valence-corrected chi connectivity index (χ4v) is 4.24. The van der Waals surface area contributed by atoms with Gasteiger partial charge < -0.3 is 19.7 Å². The number of rotatable bonds is 7. The highest BCUT2D eigenvalue weighted by Gasteiger charge is 2.46. The number of carbonyl (C=O) groups is 2. The molecular formula is C27H28N2O4. The maximum atomic E-state index is 13.5. The van der Waals surface area contributed by atoms with Crippen molar-refractivity contribution in [2.75, 3.05) is 14.2 Å². The number of nitrogens with zero attached hydrogens (tertiary/aromatic N) is 1. The van der Waals surface area contributed by atoms with E-state index in [-0.39, 0.29) is 11.8 Å². The van der Waals surface area contributed by atoms with E-state index in [1.54, 1.807) is 19.1 Å². The van der Waals surface area contributed by atoms with Crippen LogP contribution in [-0.2, 0) is 24.3 Å². The number of fused-ring (bicyclic) bond motifs is 1. The summed E-state index contributed by atoms with van der Waals surface area (Å²) in [6.07, 6.45) is 0.438. The van der Waals surface area contributed by atoms with Gasteiger partial charge in [0, 0.05) is 25.1 Å². The van der Waals surface area contributed by atoms with Gasteiger partial charge in [-0.1, -0.05) is 42.5 Å². The second kappa shape index (κ2) is 9.36. The van der Waals surface area contributed by atoms with Crippen LogP contribution in [0.4, 0.5) is 0 Å². The monoisotopic (exact) mass is 444 g/mol. The molecule has 3 aromatic rings. The molecule has 2 amide bonds. The van der Waals surface area contributed by atoms with Gasteiger partial charge in [-0.05, 0) is 53.9 Å². The summed E-state index contributed by atoms with van der Waals surface area (Å²) in [5.41, 5.74) is 2.33. The van der Waals surface area contributed by atoms with Crippen LogP contribution in [0.2, 0.25) is 0 Å². The molecule has 0 spiro atoms. The zero-order valence-corrected chi connectivity index (χ0v) is 19.1. The van der Waals surface area contributed by atoms with Gasteiger partial charge >= 0.3 is 0 Å². The van der Waals surface area contributed by atoms with Crippen molar-refractivity contribution >= 4 is 11.8 Å². The Morgan fingerprint density at radius 3 is 2.39 bits per heavy atom. The Balaban J connectivity index is 1.62. The highest BCUT2D eigenvalue weighted by molar-refractivity contribution is 6.02. The van der Waals surface area contributed by atoms with E-state index in [1.165, 1.54) is 0 Å². The quantitative estimate of drug-likeness (QED) is 0.599. The van der Waals surface area contributed by atoms with E-state index in [0.717, 1.165) is 22.4 Å². The molecule has 3 aromatic carbocycles. The van der Waals surface area contributed by atoms with Crippen molar-refractivity contribution in [2.45, 2.75) is 32.0 Å². The summed E-state index contributed by atoms with van der Waals surface area (Å²) < 4.78 is 10.5. The molecule has 0 radical (unpaired) electrons. The fraction of sp³-hybridized carbons (Fsp3) is 0.259. The summed E-state index contributed by atoms with van der Waals surface area (Å²) in [5.74, 6) is 1.13. The Kier molecular flexibility index (Phi) is 6.36. The predicted molar refractivity (Wildman–Crippen MR) is 126 cm³/mol. The van der Waals surface area contributed by atoms with E-state index >= 15 is 0 Å². The number of methoxy groups -OCH3 is 2. The van der Waals surface area contributed by atoms with E-state index in [2.05, 4.69) is 5.32 Å².